The van der Waals surface area contributed by atoms with Crippen LogP contribution in [-0.2, 0) is 32.6 Å². The molecule has 0 spiro atoms. The number of fused-ring (bicyclic) bond motifs is 1. The van der Waals surface area contributed by atoms with Gasteiger partial charge in [0.25, 0.3) is 11.5 Å². The number of carbonyl (C=O) groups is 3. The summed E-state index contributed by atoms with van der Waals surface area (Å²) >= 11 is 0. The summed E-state index contributed by atoms with van der Waals surface area (Å²) in [7, 11) is 1.62. The van der Waals surface area contributed by atoms with Crippen LogP contribution >= 0.6 is 0 Å². The van der Waals surface area contributed by atoms with Crippen molar-refractivity contribution in [1.29, 1.82) is 0 Å². The van der Waals surface area contributed by atoms with Crippen LogP contribution < -0.4 is 5.56 Å². The van der Waals surface area contributed by atoms with Crippen molar-refractivity contribution in [3.8, 4) is 0 Å². The minimum atomic E-state index is -0.908. The number of benzene rings is 1. The zero-order valence-corrected chi connectivity index (χ0v) is 17.5. The van der Waals surface area contributed by atoms with Crippen molar-refractivity contribution in [2.24, 2.45) is 7.05 Å². The third-order valence-electron chi connectivity index (χ3n) is 5.32. The molecule has 3 rings (SSSR count). The van der Waals surface area contributed by atoms with Gasteiger partial charge in [0.2, 0.25) is 5.91 Å². The summed E-state index contributed by atoms with van der Waals surface area (Å²) in [5, 5.41) is 0.524. The Morgan fingerprint density at radius 3 is 2.40 bits per heavy atom. The Labute approximate surface area is 174 Å². The molecule has 1 atom stereocenters. The van der Waals surface area contributed by atoms with E-state index in [0.29, 0.717) is 42.9 Å². The van der Waals surface area contributed by atoms with Crippen LogP contribution in [0.15, 0.2) is 29.1 Å². The fourth-order valence-corrected chi connectivity index (χ4v) is 3.51. The highest BCUT2D eigenvalue weighted by molar-refractivity contribution is 5.84. The number of piperazine rings is 1. The van der Waals surface area contributed by atoms with Gasteiger partial charge in [0.05, 0.1) is 17.3 Å². The Bertz CT molecular complexity index is 1020. The van der Waals surface area contributed by atoms with Gasteiger partial charge < -0.3 is 14.5 Å². The first-order valence-corrected chi connectivity index (χ1v) is 9.96. The van der Waals surface area contributed by atoms with E-state index in [4.69, 9.17) is 4.74 Å². The predicted molar refractivity (Wildman–Crippen MR) is 110 cm³/mol. The highest BCUT2D eigenvalue weighted by Gasteiger charge is 2.27. The number of amides is 2. The van der Waals surface area contributed by atoms with Gasteiger partial charge in [0.1, 0.15) is 5.82 Å². The fourth-order valence-electron chi connectivity index (χ4n) is 3.51. The molecular weight excluding hydrogens is 388 g/mol. The number of hydrogen-bond acceptors (Lipinski definition) is 6. The SMILES string of the molecule is CC(=O)N1CCN(C(=O)C(C)OC(=O)CCc2nc3ccccc3c(=O)n2C)CC1. The van der Waals surface area contributed by atoms with Crippen LogP contribution in [0.2, 0.25) is 0 Å². The number of rotatable bonds is 5. The maximum atomic E-state index is 12.5. The molecule has 2 amide bonds. The zero-order chi connectivity index (χ0) is 21.8. The Morgan fingerprint density at radius 2 is 1.73 bits per heavy atom. The smallest absolute Gasteiger partial charge is 0.307 e. The van der Waals surface area contributed by atoms with E-state index >= 15 is 0 Å². The minimum absolute atomic E-state index is 0.00829. The van der Waals surface area contributed by atoms with Crippen LogP contribution in [-0.4, -0.2) is 69.4 Å². The quantitative estimate of drug-likeness (QED) is 0.660. The van der Waals surface area contributed by atoms with Crippen LogP contribution in [0, 0.1) is 0 Å². The van der Waals surface area contributed by atoms with Crippen molar-refractivity contribution in [3.05, 3.63) is 40.4 Å². The van der Waals surface area contributed by atoms with Crippen LogP contribution in [0.1, 0.15) is 26.1 Å². The summed E-state index contributed by atoms with van der Waals surface area (Å²) in [6, 6.07) is 7.05. The number of ether oxygens (including phenoxy) is 1. The minimum Gasteiger partial charge on any atom is -0.453 e. The van der Waals surface area contributed by atoms with Crippen LogP contribution in [0.4, 0.5) is 0 Å². The average Bonchev–Trinajstić information content (AvgIpc) is 2.74. The first-order valence-electron chi connectivity index (χ1n) is 9.96. The van der Waals surface area contributed by atoms with E-state index in [0.717, 1.165) is 0 Å². The summed E-state index contributed by atoms with van der Waals surface area (Å²) in [6.07, 6.45) is -0.670. The maximum absolute atomic E-state index is 12.5. The number of carbonyl (C=O) groups excluding carboxylic acids is 3. The van der Waals surface area contributed by atoms with E-state index in [-0.39, 0.29) is 30.2 Å². The predicted octanol–water partition coefficient (Wildman–Crippen LogP) is 0.488. The second kappa shape index (κ2) is 9.06. The van der Waals surface area contributed by atoms with Crippen molar-refractivity contribution in [3.63, 3.8) is 0 Å². The highest BCUT2D eigenvalue weighted by Crippen LogP contribution is 2.10. The lowest BCUT2D eigenvalue weighted by molar-refractivity contribution is -0.160. The standard InChI is InChI=1S/C21H26N4O5/c1-14(20(28)25-12-10-24(11-13-25)15(2)26)30-19(27)9-8-18-22-17-7-5-4-6-16(17)21(29)23(18)3/h4-7,14H,8-13H2,1-3H3. The lowest BCUT2D eigenvalue weighted by Crippen LogP contribution is -2.52. The maximum Gasteiger partial charge on any atom is 0.307 e. The van der Waals surface area contributed by atoms with Crippen molar-refractivity contribution >= 4 is 28.7 Å². The molecule has 9 nitrogen and oxygen atoms in total. The molecule has 0 N–H and O–H groups in total. The molecule has 1 aromatic heterocycles. The summed E-state index contributed by atoms with van der Waals surface area (Å²) in [4.78, 5) is 56.3. The molecule has 1 aliphatic rings. The van der Waals surface area contributed by atoms with Gasteiger partial charge in [-0.05, 0) is 19.1 Å². The van der Waals surface area contributed by atoms with E-state index in [9.17, 15) is 19.2 Å². The number of nitrogens with zero attached hydrogens (tertiary/aromatic N) is 4. The molecule has 9 heteroatoms. The highest BCUT2D eigenvalue weighted by atomic mass is 16.5. The number of aromatic nitrogens is 2. The molecule has 2 aromatic rings. The Kier molecular flexibility index (Phi) is 6.49. The molecular formula is C21H26N4O5. The van der Waals surface area contributed by atoms with Crippen LogP contribution in [0.25, 0.3) is 10.9 Å². The number of hydrogen-bond donors (Lipinski definition) is 0. The molecule has 30 heavy (non-hydrogen) atoms. The monoisotopic (exact) mass is 414 g/mol. The lowest BCUT2D eigenvalue weighted by atomic mass is 10.2. The average molecular weight is 414 g/mol. The second-order valence-corrected chi connectivity index (χ2v) is 7.37. The van der Waals surface area contributed by atoms with Gasteiger partial charge in [-0.3, -0.25) is 23.7 Å². The van der Waals surface area contributed by atoms with Crippen molar-refractivity contribution < 1.29 is 19.1 Å². The van der Waals surface area contributed by atoms with E-state index in [1.54, 1.807) is 48.0 Å². The molecule has 1 fully saturated rings. The number of aryl methyl sites for hydroxylation is 1. The topological polar surface area (TPSA) is 102 Å². The van der Waals surface area contributed by atoms with Crippen molar-refractivity contribution in [1.82, 2.24) is 19.4 Å². The molecule has 0 saturated carbocycles. The third-order valence-corrected chi connectivity index (χ3v) is 5.32. The first kappa shape index (κ1) is 21.5. The molecule has 1 saturated heterocycles. The zero-order valence-electron chi connectivity index (χ0n) is 17.5. The summed E-state index contributed by atoms with van der Waals surface area (Å²) < 4.78 is 6.72. The van der Waals surface area contributed by atoms with Gasteiger partial charge in [0, 0.05) is 46.6 Å². The van der Waals surface area contributed by atoms with Gasteiger partial charge in [-0.15, -0.1) is 0 Å². The van der Waals surface area contributed by atoms with Gasteiger partial charge in [0.15, 0.2) is 6.10 Å². The Morgan fingerprint density at radius 1 is 1.10 bits per heavy atom. The first-order chi connectivity index (χ1) is 14.3. The van der Waals surface area contributed by atoms with Crippen LogP contribution in [0.3, 0.4) is 0 Å². The van der Waals surface area contributed by atoms with E-state index in [2.05, 4.69) is 4.98 Å². The molecule has 1 aromatic carbocycles. The molecule has 1 unspecified atom stereocenters. The van der Waals surface area contributed by atoms with E-state index in [1.807, 2.05) is 0 Å². The lowest BCUT2D eigenvalue weighted by Gasteiger charge is -2.35. The van der Waals surface area contributed by atoms with E-state index < -0.39 is 12.1 Å². The van der Waals surface area contributed by atoms with Gasteiger partial charge >= 0.3 is 5.97 Å². The Hall–Kier alpha value is -3.23. The summed E-state index contributed by atoms with van der Waals surface area (Å²) in [5.41, 5.74) is 0.412. The molecule has 160 valence electrons. The van der Waals surface area contributed by atoms with Gasteiger partial charge in [-0.1, -0.05) is 12.1 Å². The summed E-state index contributed by atoms with van der Waals surface area (Å²) in [5.74, 6) is -0.336. The summed E-state index contributed by atoms with van der Waals surface area (Å²) in [6.45, 7) is 4.84. The molecule has 0 aliphatic carbocycles. The third kappa shape index (κ3) is 4.67. The normalized spacial score (nSPS) is 15.2. The number of para-hydroxylation sites is 1. The molecule has 0 radical (unpaired) electrons. The molecule has 0 bridgehead atoms. The molecule has 1 aliphatic heterocycles. The number of esters is 1. The van der Waals surface area contributed by atoms with E-state index in [1.165, 1.54) is 11.5 Å². The Balaban J connectivity index is 1.55. The second-order valence-electron chi connectivity index (χ2n) is 7.37. The van der Waals surface area contributed by atoms with Crippen molar-refractivity contribution in [2.45, 2.75) is 32.8 Å². The largest absolute Gasteiger partial charge is 0.453 e. The fraction of sp³-hybridized carbons (Fsp3) is 0.476. The van der Waals surface area contributed by atoms with Crippen molar-refractivity contribution in [2.75, 3.05) is 26.2 Å². The van der Waals surface area contributed by atoms with Gasteiger partial charge in [-0.2, -0.15) is 0 Å². The van der Waals surface area contributed by atoms with Crippen LogP contribution in [0.5, 0.6) is 0 Å². The molecule has 2 heterocycles. The van der Waals surface area contributed by atoms with Gasteiger partial charge in [-0.25, -0.2) is 4.98 Å².